The van der Waals surface area contributed by atoms with Gasteiger partial charge in [0.15, 0.2) is 0 Å². The molecule has 0 atom stereocenters. The molecule has 0 saturated carbocycles. The van der Waals surface area contributed by atoms with Crippen molar-refractivity contribution in [3.05, 3.63) is 192 Å². The van der Waals surface area contributed by atoms with Gasteiger partial charge in [-0.2, -0.15) is 0 Å². The van der Waals surface area contributed by atoms with Crippen molar-refractivity contribution >= 4 is 11.0 Å². The van der Waals surface area contributed by atoms with Crippen molar-refractivity contribution in [2.24, 2.45) is 0 Å². The Balaban J connectivity index is 1.39. The summed E-state index contributed by atoms with van der Waals surface area (Å²) < 4.78 is 98.0. The van der Waals surface area contributed by atoms with Crippen LogP contribution in [0.2, 0.25) is 0 Å². The lowest BCUT2D eigenvalue weighted by Crippen LogP contribution is -2.17. The van der Waals surface area contributed by atoms with Gasteiger partial charge in [0.05, 0.1) is 37.6 Å². The molecule has 0 aliphatic heterocycles. The van der Waals surface area contributed by atoms with Crippen molar-refractivity contribution in [2.75, 3.05) is 0 Å². The summed E-state index contributed by atoms with van der Waals surface area (Å²) in [5.41, 5.74) is 7.31. The molecule has 1 N–H and O–H groups in total. The molecule has 0 saturated heterocycles. The number of pyridine rings is 1. The number of aromatic nitrogens is 3. The van der Waals surface area contributed by atoms with Gasteiger partial charge < -0.3 is 5.11 Å². The zero-order chi connectivity index (χ0) is 54.4. The lowest BCUT2D eigenvalue weighted by atomic mass is 9.79. The normalized spacial score (nSPS) is 14.8. The van der Waals surface area contributed by atoms with E-state index >= 15 is 0 Å². The molecular formula is C60H57N3O. The standard InChI is InChI=1S/C60H57N3O/c1-38(2)42-26-27-54(50(34-42)41-21-14-11-15-22-41)63-55-25-17-24-49(56(55)62-58(63)51-36-48(59(4,5)6)37-52(57(51)64)60(7,8)9)46-31-45(40-19-12-10-13-20-40)32-47(33-46)53-35-44(28-29-61-53)43-23-16-18-39(3)30-43/h10-38,64H,1-9H3/i3D3,16D,18D,23D,28D,29D,30D,35D,38D. The smallest absolute Gasteiger partial charge is 0.149 e. The summed E-state index contributed by atoms with van der Waals surface area (Å²) in [5.74, 6) is -0.376. The van der Waals surface area contributed by atoms with E-state index in [9.17, 15) is 6.48 Å². The summed E-state index contributed by atoms with van der Waals surface area (Å²) in [6.45, 7) is 13.3. The number of aromatic hydroxyl groups is 1. The van der Waals surface area contributed by atoms with Crippen LogP contribution in [-0.4, -0.2) is 19.6 Å². The first kappa shape index (κ1) is 30.9. The molecule has 318 valence electrons. The molecule has 0 aliphatic carbocycles. The van der Waals surface area contributed by atoms with Crippen LogP contribution in [0.4, 0.5) is 0 Å². The number of hydrogen-bond acceptors (Lipinski definition) is 3. The third-order valence-corrected chi connectivity index (χ3v) is 11.7. The molecular weight excluding hydrogens is 779 g/mol. The molecule has 0 radical (unpaired) electrons. The van der Waals surface area contributed by atoms with Crippen molar-refractivity contribution in [1.29, 1.82) is 0 Å². The molecule has 2 aromatic heterocycles. The molecule has 0 fully saturated rings. The van der Waals surface area contributed by atoms with E-state index in [0.29, 0.717) is 44.7 Å². The van der Waals surface area contributed by atoms with Gasteiger partial charge in [-0.25, -0.2) is 4.98 Å². The first-order valence-electron chi connectivity index (χ1n) is 27.0. The third kappa shape index (κ3) is 8.17. The first-order chi connectivity index (χ1) is 35.1. The number of nitrogens with zero attached hydrogens (tertiary/aromatic N) is 3. The van der Waals surface area contributed by atoms with Crippen molar-refractivity contribution in [3.8, 4) is 78.6 Å². The summed E-state index contributed by atoms with van der Waals surface area (Å²) in [4.78, 5) is 10.0. The molecule has 64 heavy (non-hydrogen) atoms. The Morgan fingerprint density at radius 2 is 1.33 bits per heavy atom. The number of fused-ring (bicyclic) bond motifs is 1. The fraction of sp³-hybridized carbons (Fsp3) is 0.200. The molecule has 9 rings (SSSR count). The summed E-state index contributed by atoms with van der Waals surface area (Å²) in [5, 5.41) is 12.6. The minimum atomic E-state index is -3.03. The minimum Gasteiger partial charge on any atom is -0.507 e. The number of imidazole rings is 1. The fourth-order valence-corrected chi connectivity index (χ4v) is 8.22. The van der Waals surface area contributed by atoms with Crippen LogP contribution >= 0.6 is 0 Å². The molecule has 0 bridgehead atoms. The van der Waals surface area contributed by atoms with E-state index in [1.807, 2.05) is 123 Å². The maximum absolute atomic E-state index is 12.6. The predicted molar refractivity (Wildman–Crippen MR) is 269 cm³/mol. The lowest BCUT2D eigenvalue weighted by molar-refractivity contribution is 0.446. The van der Waals surface area contributed by atoms with Crippen molar-refractivity contribution < 1.29 is 20.2 Å². The van der Waals surface area contributed by atoms with Gasteiger partial charge in [-0.3, -0.25) is 9.55 Å². The topological polar surface area (TPSA) is 50.9 Å². The average Bonchev–Trinajstić information content (AvgIpc) is 3.73. The molecule has 0 unspecified atom stereocenters. The van der Waals surface area contributed by atoms with Crippen LogP contribution in [0.3, 0.4) is 0 Å². The predicted octanol–water partition coefficient (Wildman–Crippen LogP) is 16.2. The lowest BCUT2D eigenvalue weighted by Gasteiger charge is -2.27. The number of phenolic OH excluding ortho intramolecular Hbond substituents is 1. The van der Waals surface area contributed by atoms with Gasteiger partial charge in [-0.1, -0.05) is 170 Å². The highest BCUT2D eigenvalue weighted by Crippen LogP contribution is 2.46. The second-order valence-corrected chi connectivity index (χ2v) is 18.6. The Hall–Kier alpha value is -7.04. The molecule has 4 nitrogen and oxygen atoms in total. The number of benzene rings is 7. The van der Waals surface area contributed by atoms with Crippen LogP contribution in [-0.2, 0) is 10.8 Å². The molecule has 0 aliphatic rings. The van der Waals surface area contributed by atoms with Crippen LogP contribution < -0.4 is 0 Å². The van der Waals surface area contributed by atoms with E-state index in [1.165, 1.54) is 0 Å². The second kappa shape index (κ2) is 16.6. The molecule has 7 aromatic carbocycles. The number of para-hydroxylation sites is 1. The van der Waals surface area contributed by atoms with E-state index < -0.39 is 77.3 Å². The van der Waals surface area contributed by atoms with Gasteiger partial charge in [0.1, 0.15) is 11.6 Å². The summed E-state index contributed by atoms with van der Waals surface area (Å²) in [6, 6.07) is 36.8. The SMILES string of the molecule is [2H]c1nc(-c2cc(-c3ccccc3)cc(-c3cccc4c3nc(-c3cc(C(C)(C)C)cc(C(C)(C)C)c3O)n4-c3ccc(C([2H])(C)C)cc3-c3ccccc3)c2)c([2H])c(-c2c([2H])c([2H])c([2H])c(C([2H])([2H])[2H])c2[2H])c1[2H]. The van der Waals surface area contributed by atoms with E-state index in [2.05, 4.69) is 57.2 Å². The fourth-order valence-electron chi connectivity index (χ4n) is 8.22. The van der Waals surface area contributed by atoms with Crippen molar-refractivity contribution in [3.63, 3.8) is 0 Å². The van der Waals surface area contributed by atoms with E-state index in [4.69, 9.17) is 18.7 Å². The summed E-state index contributed by atoms with van der Waals surface area (Å²) in [7, 11) is 0. The molecule has 2 heterocycles. The number of phenols is 1. The van der Waals surface area contributed by atoms with Crippen LogP contribution in [0.1, 0.15) is 98.6 Å². The highest BCUT2D eigenvalue weighted by atomic mass is 16.3. The monoisotopic (exact) mass is 847 g/mol. The van der Waals surface area contributed by atoms with Crippen molar-refractivity contribution in [2.45, 2.75) is 79.0 Å². The van der Waals surface area contributed by atoms with Crippen molar-refractivity contribution in [1.82, 2.24) is 14.5 Å². The van der Waals surface area contributed by atoms with Gasteiger partial charge >= 0.3 is 0 Å². The van der Waals surface area contributed by atoms with Crippen LogP contribution in [0, 0.1) is 6.85 Å². The zero-order valence-corrected chi connectivity index (χ0v) is 37.4. The zero-order valence-electron chi connectivity index (χ0n) is 48.4. The maximum atomic E-state index is 12.6. The minimum absolute atomic E-state index is 0.0913. The highest BCUT2D eigenvalue weighted by molar-refractivity contribution is 5.98. The Bertz CT molecular complexity index is 3730. The largest absolute Gasteiger partial charge is 0.507 e. The van der Waals surface area contributed by atoms with Crippen LogP contribution in [0.15, 0.2) is 170 Å². The first-order valence-corrected chi connectivity index (χ1v) is 21.5. The van der Waals surface area contributed by atoms with Gasteiger partial charge in [0.25, 0.3) is 0 Å². The van der Waals surface area contributed by atoms with E-state index in [-0.39, 0.29) is 16.9 Å². The highest BCUT2D eigenvalue weighted by Gasteiger charge is 2.29. The Kier molecular flexibility index (Phi) is 8.01. The van der Waals surface area contributed by atoms with E-state index in [0.717, 1.165) is 39.1 Å². The quantitative estimate of drug-likeness (QED) is 0.166. The molecule has 0 spiro atoms. The average molecular weight is 847 g/mol. The van der Waals surface area contributed by atoms with Crippen LogP contribution in [0.25, 0.3) is 83.9 Å². The molecule has 9 aromatic rings. The third-order valence-electron chi connectivity index (χ3n) is 11.7. The number of rotatable bonds is 8. The van der Waals surface area contributed by atoms with E-state index in [1.54, 1.807) is 12.1 Å². The van der Waals surface area contributed by atoms with Gasteiger partial charge in [-0.15, -0.1) is 0 Å². The van der Waals surface area contributed by atoms with Gasteiger partial charge in [-0.05, 0) is 123 Å². The van der Waals surface area contributed by atoms with Gasteiger partial charge in [0.2, 0.25) is 0 Å². The van der Waals surface area contributed by atoms with Gasteiger partial charge in [0, 0.05) is 33.9 Å². The molecule has 0 amide bonds. The number of hydrogen-bond donors (Lipinski definition) is 1. The Morgan fingerprint density at radius 3 is 2.03 bits per heavy atom. The Labute approximate surface area is 394 Å². The molecule has 4 heteroatoms. The Morgan fingerprint density at radius 1 is 0.625 bits per heavy atom. The summed E-state index contributed by atoms with van der Waals surface area (Å²) >= 11 is 0. The van der Waals surface area contributed by atoms with Crippen LogP contribution in [0.5, 0.6) is 5.75 Å². The summed E-state index contributed by atoms with van der Waals surface area (Å²) in [6.07, 6.45) is -0.607. The second-order valence-electron chi connectivity index (χ2n) is 18.6. The maximum Gasteiger partial charge on any atom is 0.149 e.